The highest BCUT2D eigenvalue weighted by Gasteiger charge is 2.27. The molecule has 1 saturated heterocycles. The highest BCUT2D eigenvalue weighted by Crippen LogP contribution is 2.26. The maximum absolute atomic E-state index is 12.0. The number of halogens is 1. The molecule has 2 rings (SSSR count). The SMILES string of the molecule is CC1(CNS(=O)(=O)/C=C/c2ccc(Cl)cc2)CCNCC1. The molecule has 1 aliphatic heterocycles. The van der Waals surface area contributed by atoms with E-state index < -0.39 is 10.0 Å². The van der Waals surface area contributed by atoms with Crippen molar-refractivity contribution in [2.75, 3.05) is 19.6 Å². The second kappa shape index (κ2) is 6.92. The van der Waals surface area contributed by atoms with Gasteiger partial charge in [0.2, 0.25) is 10.0 Å². The summed E-state index contributed by atoms with van der Waals surface area (Å²) in [6, 6.07) is 7.03. The number of sulfonamides is 1. The van der Waals surface area contributed by atoms with E-state index in [-0.39, 0.29) is 5.41 Å². The lowest BCUT2D eigenvalue weighted by Crippen LogP contribution is -2.42. The molecule has 21 heavy (non-hydrogen) atoms. The van der Waals surface area contributed by atoms with Crippen LogP contribution in [-0.2, 0) is 10.0 Å². The normalized spacial score (nSPS) is 19.0. The summed E-state index contributed by atoms with van der Waals surface area (Å²) < 4.78 is 26.7. The zero-order chi connectivity index (χ0) is 15.3. The Kier molecular flexibility index (Phi) is 5.43. The Morgan fingerprint density at radius 3 is 2.52 bits per heavy atom. The molecule has 116 valence electrons. The third-order valence-corrected chi connectivity index (χ3v) is 5.11. The minimum absolute atomic E-state index is 0.0342. The molecule has 0 amide bonds. The summed E-state index contributed by atoms with van der Waals surface area (Å²) in [5.41, 5.74) is 0.838. The first kappa shape index (κ1) is 16.5. The van der Waals surface area contributed by atoms with Crippen LogP contribution in [0.4, 0.5) is 0 Å². The average Bonchev–Trinajstić information content (AvgIpc) is 2.46. The molecule has 1 fully saturated rings. The number of piperidine rings is 1. The Balaban J connectivity index is 1.93. The van der Waals surface area contributed by atoms with Gasteiger partial charge >= 0.3 is 0 Å². The highest BCUT2D eigenvalue weighted by molar-refractivity contribution is 7.92. The second-order valence-corrected chi connectivity index (χ2v) is 7.87. The van der Waals surface area contributed by atoms with Crippen molar-refractivity contribution in [1.29, 1.82) is 0 Å². The minimum atomic E-state index is -3.41. The standard InChI is InChI=1S/C15H21ClN2O2S/c1-15(7-9-17-10-8-15)12-18-21(19,20)11-6-13-2-4-14(16)5-3-13/h2-6,11,17-18H,7-10,12H2,1H3/b11-6+. The molecule has 0 aliphatic carbocycles. The summed E-state index contributed by atoms with van der Waals surface area (Å²) in [5.74, 6) is 0. The number of hydrogen-bond donors (Lipinski definition) is 2. The van der Waals surface area contributed by atoms with Gasteiger partial charge in [-0.3, -0.25) is 0 Å². The molecular weight excluding hydrogens is 308 g/mol. The van der Waals surface area contributed by atoms with Crippen molar-refractivity contribution in [2.24, 2.45) is 5.41 Å². The van der Waals surface area contributed by atoms with E-state index in [4.69, 9.17) is 11.6 Å². The summed E-state index contributed by atoms with van der Waals surface area (Å²) in [4.78, 5) is 0. The molecule has 0 saturated carbocycles. The van der Waals surface area contributed by atoms with Crippen LogP contribution in [0.15, 0.2) is 29.7 Å². The molecule has 1 aromatic carbocycles. The van der Waals surface area contributed by atoms with Crippen LogP contribution in [0.1, 0.15) is 25.3 Å². The Hall–Kier alpha value is -0.880. The van der Waals surface area contributed by atoms with E-state index in [1.165, 1.54) is 5.41 Å². The predicted octanol–water partition coefficient (Wildman–Crippen LogP) is 2.62. The topological polar surface area (TPSA) is 58.2 Å². The Morgan fingerprint density at radius 2 is 1.90 bits per heavy atom. The first-order valence-electron chi connectivity index (χ1n) is 7.03. The predicted molar refractivity (Wildman–Crippen MR) is 87.6 cm³/mol. The quantitative estimate of drug-likeness (QED) is 0.873. The molecular formula is C15H21ClN2O2S. The van der Waals surface area contributed by atoms with E-state index in [0.717, 1.165) is 31.5 Å². The molecule has 1 aromatic rings. The van der Waals surface area contributed by atoms with Gasteiger partial charge in [0.25, 0.3) is 0 Å². The maximum atomic E-state index is 12.0. The largest absolute Gasteiger partial charge is 0.317 e. The molecule has 1 aliphatic rings. The molecule has 4 nitrogen and oxygen atoms in total. The number of hydrogen-bond acceptors (Lipinski definition) is 3. The molecule has 0 unspecified atom stereocenters. The van der Waals surface area contributed by atoms with Crippen molar-refractivity contribution >= 4 is 27.7 Å². The van der Waals surface area contributed by atoms with Gasteiger partial charge in [-0.15, -0.1) is 0 Å². The fourth-order valence-corrected chi connectivity index (χ4v) is 3.38. The van der Waals surface area contributed by atoms with Crippen LogP contribution in [-0.4, -0.2) is 28.1 Å². The molecule has 0 bridgehead atoms. The van der Waals surface area contributed by atoms with Crippen LogP contribution in [0.25, 0.3) is 6.08 Å². The highest BCUT2D eigenvalue weighted by atomic mass is 35.5. The van der Waals surface area contributed by atoms with Gasteiger partial charge in [0, 0.05) is 17.0 Å². The fourth-order valence-electron chi connectivity index (χ4n) is 2.27. The lowest BCUT2D eigenvalue weighted by atomic mass is 9.81. The van der Waals surface area contributed by atoms with Gasteiger partial charge in [-0.2, -0.15) is 0 Å². The van der Waals surface area contributed by atoms with Crippen LogP contribution in [0.3, 0.4) is 0 Å². The first-order chi connectivity index (χ1) is 9.89. The lowest BCUT2D eigenvalue weighted by molar-refractivity contribution is 0.232. The second-order valence-electron chi connectivity index (χ2n) is 5.78. The number of nitrogens with one attached hydrogen (secondary N) is 2. The number of rotatable bonds is 5. The van der Waals surface area contributed by atoms with Crippen molar-refractivity contribution in [2.45, 2.75) is 19.8 Å². The third kappa shape index (κ3) is 5.43. The number of benzene rings is 1. The van der Waals surface area contributed by atoms with Crippen LogP contribution in [0.5, 0.6) is 0 Å². The smallest absolute Gasteiger partial charge is 0.233 e. The van der Waals surface area contributed by atoms with Crippen molar-refractivity contribution in [3.8, 4) is 0 Å². The minimum Gasteiger partial charge on any atom is -0.317 e. The summed E-state index contributed by atoms with van der Waals surface area (Å²) in [5, 5.41) is 5.13. The third-order valence-electron chi connectivity index (χ3n) is 3.82. The summed E-state index contributed by atoms with van der Waals surface area (Å²) >= 11 is 5.79. The molecule has 0 atom stereocenters. The van der Waals surface area contributed by atoms with Crippen LogP contribution in [0, 0.1) is 5.41 Å². The molecule has 0 spiro atoms. The van der Waals surface area contributed by atoms with Gasteiger partial charge in [-0.05, 0) is 55.1 Å². The zero-order valence-corrected chi connectivity index (χ0v) is 13.7. The Morgan fingerprint density at radius 1 is 1.29 bits per heavy atom. The summed E-state index contributed by atoms with van der Waals surface area (Å²) in [6.45, 7) is 4.49. The van der Waals surface area contributed by atoms with Gasteiger partial charge < -0.3 is 5.32 Å². The molecule has 0 radical (unpaired) electrons. The van der Waals surface area contributed by atoms with Crippen LogP contribution < -0.4 is 10.0 Å². The van der Waals surface area contributed by atoms with E-state index in [9.17, 15) is 8.42 Å². The fraction of sp³-hybridized carbons (Fsp3) is 0.467. The molecule has 6 heteroatoms. The molecule has 1 heterocycles. The van der Waals surface area contributed by atoms with Gasteiger partial charge in [0.1, 0.15) is 0 Å². The van der Waals surface area contributed by atoms with Crippen molar-refractivity contribution < 1.29 is 8.42 Å². The van der Waals surface area contributed by atoms with E-state index in [1.807, 2.05) is 0 Å². The lowest BCUT2D eigenvalue weighted by Gasteiger charge is -2.33. The zero-order valence-electron chi connectivity index (χ0n) is 12.1. The van der Waals surface area contributed by atoms with Crippen LogP contribution >= 0.6 is 11.6 Å². The van der Waals surface area contributed by atoms with E-state index in [2.05, 4.69) is 17.0 Å². The van der Waals surface area contributed by atoms with Gasteiger partial charge in [0.15, 0.2) is 0 Å². The average molecular weight is 329 g/mol. The summed E-state index contributed by atoms with van der Waals surface area (Å²) in [7, 11) is -3.41. The summed E-state index contributed by atoms with van der Waals surface area (Å²) in [6.07, 6.45) is 3.54. The van der Waals surface area contributed by atoms with Crippen molar-refractivity contribution in [3.63, 3.8) is 0 Å². The van der Waals surface area contributed by atoms with Gasteiger partial charge in [-0.25, -0.2) is 13.1 Å². The van der Waals surface area contributed by atoms with E-state index in [0.29, 0.717) is 11.6 Å². The van der Waals surface area contributed by atoms with Gasteiger partial charge in [0.05, 0.1) is 0 Å². The Bertz CT molecular complexity index is 591. The monoisotopic (exact) mass is 328 g/mol. The Labute approximate surface area is 131 Å². The maximum Gasteiger partial charge on any atom is 0.233 e. The van der Waals surface area contributed by atoms with Crippen LogP contribution in [0.2, 0.25) is 5.02 Å². The first-order valence-corrected chi connectivity index (χ1v) is 8.95. The molecule has 2 N–H and O–H groups in total. The molecule has 0 aromatic heterocycles. The van der Waals surface area contributed by atoms with Crippen molar-refractivity contribution in [1.82, 2.24) is 10.0 Å². The van der Waals surface area contributed by atoms with E-state index in [1.54, 1.807) is 30.3 Å². The van der Waals surface area contributed by atoms with Gasteiger partial charge in [-0.1, -0.05) is 30.7 Å². The van der Waals surface area contributed by atoms with E-state index >= 15 is 0 Å². The van der Waals surface area contributed by atoms with Crippen molar-refractivity contribution in [3.05, 3.63) is 40.3 Å².